The molecule has 0 spiro atoms. The highest BCUT2D eigenvalue weighted by atomic mass is 35.5. The monoisotopic (exact) mass is 504 g/mol. The molecule has 0 bridgehead atoms. The van der Waals surface area contributed by atoms with Crippen molar-refractivity contribution in [3.8, 4) is 5.75 Å². The second-order valence-electron chi connectivity index (χ2n) is 8.10. The average molecular weight is 505 g/mol. The molecule has 1 saturated heterocycles. The number of Topliss-reactive ketones (excluding diaryl/α,β-unsaturated/α-hetero) is 1. The zero-order chi connectivity index (χ0) is 24.7. The van der Waals surface area contributed by atoms with Crippen molar-refractivity contribution < 1.29 is 19.4 Å². The minimum Gasteiger partial charge on any atom is -0.507 e. The molecule has 5 rings (SSSR count). The Labute approximate surface area is 211 Å². The number of anilines is 1. The van der Waals surface area contributed by atoms with Crippen molar-refractivity contribution in [1.82, 2.24) is 4.98 Å². The molecule has 0 saturated carbocycles. The molecule has 1 aliphatic heterocycles. The number of fused-ring (bicyclic) bond motifs is 1. The van der Waals surface area contributed by atoms with E-state index in [0.29, 0.717) is 27.0 Å². The molecule has 1 atom stereocenters. The fourth-order valence-corrected chi connectivity index (χ4v) is 5.36. The molecule has 8 heteroatoms. The third-order valence-corrected chi connectivity index (χ3v) is 7.32. The van der Waals surface area contributed by atoms with Crippen molar-refractivity contribution in [2.24, 2.45) is 0 Å². The number of amides is 1. The first kappa shape index (κ1) is 23.1. The summed E-state index contributed by atoms with van der Waals surface area (Å²) in [5.41, 5.74) is 2.94. The molecular weight excluding hydrogens is 484 g/mol. The summed E-state index contributed by atoms with van der Waals surface area (Å²) in [7, 11) is 1.56. The number of halogens is 1. The topological polar surface area (TPSA) is 79.7 Å². The Bertz CT molecular complexity index is 1480. The summed E-state index contributed by atoms with van der Waals surface area (Å²) in [6, 6.07) is 18.6. The Kier molecular flexibility index (Phi) is 6.05. The Hall–Kier alpha value is -3.68. The van der Waals surface area contributed by atoms with E-state index in [1.54, 1.807) is 55.6 Å². The molecular formula is C27H21ClN2O4S. The van der Waals surface area contributed by atoms with Crippen molar-refractivity contribution >= 4 is 55.7 Å². The molecule has 1 fully saturated rings. The van der Waals surface area contributed by atoms with Gasteiger partial charge in [0.1, 0.15) is 11.5 Å². The van der Waals surface area contributed by atoms with E-state index in [2.05, 4.69) is 11.9 Å². The summed E-state index contributed by atoms with van der Waals surface area (Å²) >= 11 is 7.34. The van der Waals surface area contributed by atoms with Gasteiger partial charge in [-0.05, 0) is 66.1 Å². The number of ether oxygens (including phenoxy) is 1. The molecule has 0 radical (unpaired) electrons. The quantitative estimate of drug-likeness (QED) is 0.200. The zero-order valence-electron chi connectivity index (χ0n) is 19.0. The van der Waals surface area contributed by atoms with Crippen LogP contribution in [0.5, 0.6) is 5.75 Å². The second kappa shape index (κ2) is 9.17. The van der Waals surface area contributed by atoms with Crippen LogP contribution < -0.4 is 9.64 Å². The van der Waals surface area contributed by atoms with E-state index >= 15 is 0 Å². The van der Waals surface area contributed by atoms with Crippen molar-refractivity contribution in [2.75, 3.05) is 12.0 Å². The van der Waals surface area contributed by atoms with Gasteiger partial charge in [-0.15, -0.1) is 0 Å². The summed E-state index contributed by atoms with van der Waals surface area (Å²) < 4.78 is 6.19. The number of methoxy groups -OCH3 is 1. The fraction of sp³-hybridized carbons (Fsp3) is 0.148. The van der Waals surface area contributed by atoms with E-state index in [4.69, 9.17) is 16.3 Å². The SMILES string of the molecule is CCc1ccc2nc(N3C(=O)C(=O)C(=C(O)c4ccc(Cl)cc4)C3c3ccc(OC)cc3)sc2c1. The van der Waals surface area contributed by atoms with Crippen LogP contribution in [0.1, 0.15) is 29.7 Å². The lowest BCUT2D eigenvalue weighted by molar-refractivity contribution is -0.132. The van der Waals surface area contributed by atoms with Crippen molar-refractivity contribution in [3.63, 3.8) is 0 Å². The van der Waals surface area contributed by atoms with Gasteiger partial charge in [-0.2, -0.15) is 0 Å². The van der Waals surface area contributed by atoms with E-state index in [1.807, 2.05) is 18.2 Å². The van der Waals surface area contributed by atoms with Crippen LogP contribution in [-0.4, -0.2) is 28.9 Å². The van der Waals surface area contributed by atoms with Gasteiger partial charge in [-0.25, -0.2) is 4.98 Å². The van der Waals surface area contributed by atoms with Crippen molar-refractivity contribution in [2.45, 2.75) is 19.4 Å². The third kappa shape index (κ3) is 4.07. The normalized spacial score (nSPS) is 17.3. The minimum atomic E-state index is -0.859. The molecule has 1 unspecified atom stereocenters. The maximum atomic E-state index is 13.4. The molecule has 1 N–H and O–H groups in total. The van der Waals surface area contributed by atoms with E-state index in [9.17, 15) is 14.7 Å². The Morgan fingerprint density at radius 2 is 1.80 bits per heavy atom. The van der Waals surface area contributed by atoms with Crippen LogP contribution in [0.4, 0.5) is 5.13 Å². The molecule has 1 amide bonds. The zero-order valence-corrected chi connectivity index (χ0v) is 20.6. The van der Waals surface area contributed by atoms with Gasteiger partial charge in [-0.3, -0.25) is 14.5 Å². The first-order valence-corrected chi connectivity index (χ1v) is 12.2. The van der Waals surface area contributed by atoms with Crippen LogP contribution in [0.3, 0.4) is 0 Å². The second-order valence-corrected chi connectivity index (χ2v) is 9.55. The predicted octanol–water partition coefficient (Wildman–Crippen LogP) is 6.15. The standard InChI is InChI=1S/C27H21ClN2O4S/c1-3-15-4-13-20-21(14-15)35-27(29-20)30-23(16-7-11-19(34-2)12-8-16)22(25(32)26(30)33)24(31)17-5-9-18(28)10-6-17/h4-14,23,31H,3H2,1-2H3. The minimum absolute atomic E-state index is 0.00371. The average Bonchev–Trinajstić information content (AvgIpc) is 3.41. The van der Waals surface area contributed by atoms with Gasteiger partial charge in [0.25, 0.3) is 5.78 Å². The molecule has 6 nitrogen and oxygen atoms in total. The highest BCUT2D eigenvalue weighted by Gasteiger charge is 2.48. The largest absolute Gasteiger partial charge is 0.507 e. The Balaban J connectivity index is 1.70. The summed E-state index contributed by atoms with van der Waals surface area (Å²) in [6.07, 6.45) is 0.876. The number of hydrogen-bond donors (Lipinski definition) is 1. The smallest absolute Gasteiger partial charge is 0.301 e. The maximum absolute atomic E-state index is 13.4. The lowest BCUT2D eigenvalue weighted by Crippen LogP contribution is -2.29. The number of carbonyl (C=O) groups excluding carboxylic acids is 2. The lowest BCUT2D eigenvalue weighted by atomic mass is 9.95. The fourth-order valence-electron chi connectivity index (χ4n) is 4.17. The van der Waals surface area contributed by atoms with Gasteiger partial charge >= 0.3 is 5.91 Å². The van der Waals surface area contributed by atoms with Crippen molar-refractivity contribution in [3.05, 3.63) is 94.0 Å². The molecule has 0 aliphatic carbocycles. The van der Waals surface area contributed by atoms with Gasteiger partial charge in [0.2, 0.25) is 0 Å². The van der Waals surface area contributed by atoms with Gasteiger partial charge in [0.05, 0.1) is 28.9 Å². The molecule has 35 heavy (non-hydrogen) atoms. The number of carbonyl (C=O) groups is 2. The van der Waals surface area contributed by atoms with E-state index in [0.717, 1.165) is 22.2 Å². The Morgan fingerprint density at radius 3 is 2.46 bits per heavy atom. The van der Waals surface area contributed by atoms with Crippen LogP contribution in [0.2, 0.25) is 5.02 Å². The summed E-state index contributed by atoms with van der Waals surface area (Å²) in [6.45, 7) is 2.07. The number of hydrogen-bond acceptors (Lipinski definition) is 6. The van der Waals surface area contributed by atoms with Gasteiger partial charge in [-0.1, -0.05) is 48.1 Å². The van der Waals surface area contributed by atoms with E-state index in [1.165, 1.54) is 16.2 Å². The predicted molar refractivity (Wildman–Crippen MR) is 138 cm³/mol. The van der Waals surface area contributed by atoms with Gasteiger partial charge in [0, 0.05) is 10.6 Å². The first-order chi connectivity index (χ1) is 16.9. The van der Waals surface area contributed by atoms with E-state index in [-0.39, 0.29) is 11.3 Å². The van der Waals surface area contributed by atoms with Gasteiger partial charge in [0.15, 0.2) is 5.13 Å². The van der Waals surface area contributed by atoms with Crippen LogP contribution in [0.25, 0.3) is 16.0 Å². The van der Waals surface area contributed by atoms with Gasteiger partial charge < -0.3 is 9.84 Å². The number of rotatable bonds is 5. The van der Waals surface area contributed by atoms with Crippen molar-refractivity contribution in [1.29, 1.82) is 0 Å². The van der Waals surface area contributed by atoms with Crippen LogP contribution >= 0.6 is 22.9 Å². The Morgan fingerprint density at radius 1 is 1.09 bits per heavy atom. The molecule has 176 valence electrons. The van der Waals surface area contributed by atoms with Crippen LogP contribution in [0.15, 0.2) is 72.3 Å². The number of aliphatic hydroxyl groups excluding tert-OH is 1. The third-order valence-electron chi connectivity index (χ3n) is 6.05. The number of ketones is 1. The molecule has 4 aromatic rings. The number of aliphatic hydroxyl groups is 1. The number of nitrogens with zero attached hydrogens (tertiary/aromatic N) is 2. The van der Waals surface area contributed by atoms with Crippen LogP contribution in [0, 0.1) is 0 Å². The summed E-state index contributed by atoms with van der Waals surface area (Å²) in [5.74, 6) is -1.14. The number of aromatic nitrogens is 1. The molecule has 3 aromatic carbocycles. The lowest BCUT2D eigenvalue weighted by Gasteiger charge is -2.23. The number of thiazole rings is 1. The first-order valence-electron chi connectivity index (χ1n) is 11.0. The summed E-state index contributed by atoms with van der Waals surface area (Å²) in [5, 5.41) is 12.1. The molecule has 1 aliphatic rings. The maximum Gasteiger partial charge on any atom is 0.301 e. The summed E-state index contributed by atoms with van der Waals surface area (Å²) in [4.78, 5) is 32.7. The number of aryl methyl sites for hydroxylation is 1. The highest BCUT2D eigenvalue weighted by molar-refractivity contribution is 7.22. The van der Waals surface area contributed by atoms with E-state index < -0.39 is 17.7 Å². The molecule has 2 heterocycles. The molecule has 1 aromatic heterocycles. The number of benzene rings is 3. The van der Waals surface area contributed by atoms with Crippen LogP contribution in [-0.2, 0) is 16.0 Å². The highest BCUT2D eigenvalue weighted by Crippen LogP contribution is 2.44.